The molecule has 5 nitrogen and oxygen atoms in total. The molecular formula is C7H9N3O2. The summed E-state index contributed by atoms with van der Waals surface area (Å²) >= 11 is 0. The fraction of sp³-hybridized carbons (Fsp3) is 0.286. The molecule has 0 aliphatic carbocycles. The summed E-state index contributed by atoms with van der Waals surface area (Å²) in [7, 11) is 0. The van der Waals surface area contributed by atoms with Gasteiger partial charge in [0.2, 0.25) is 0 Å². The van der Waals surface area contributed by atoms with E-state index in [-0.39, 0.29) is 5.69 Å². The van der Waals surface area contributed by atoms with E-state index in [4.69, 9.17) is 5.73 Å². The van der Waals surface area contributed by atoms with Crippen LogP contribution >= 0.6 is 0 Å². The minimum atomic E-state index is -1.74. The first-order chi connectivity index (χ1) is 5.55. The molecule has 1 aromatic rings. The molecule has 0 radical (unpaired) electrons. The molecule has 0 saturated carbocycles. The van der Waals surface area contributed by atoms with Crippen molar-refractivity contribution in [2.24, 2.45) is 5.73 Å². The minimum Gasteiger partial charge on any atom is -0.374 e. The van der Waals surface area contributed by atoms with Gasteiger partial charge in [-0.2, -0.15) is 0 Å². The number of aliphatic hydroxyl groups is 1. The molecule has 1 heterocycles. The quantitative estimate of drug-likeness (QED) is 0.601. The van der Waals surface area contributed by atoms with Crippen LogP contribution in [-0.2, 0) is 10.4 Å². The summed E-state index contributed by atoms with van der Waals surface area (Å²) in [6.07, 6.45) is 4.12. The van der Waals surface area contributed by atoms with Crippen molar-refractivity contribution in [3.05, 3.63) is 24.3 Å². The number of primary amides is 1. The van der Waals surface area contributed by atoms with E-state index >= 15 is 0 Å². The Morgan fingerprint density at radius 3 is 2.75 bits per heavy atom. The van der Waals surface area contributed by atoms with Crippen LogP contribution in [0.5, 0.6) is 0 Å². The van der Waals surface area contributed by atoms with E-state index in [2.05, 4.69) is 9.97 Å². The largest absolute Gasteiger partial charge is 0.374 e. The highest BCUT2D eigenvalue weighted by Crippen LogP contribution is 2.15. The summed E-state index contributed by atoms with van der Waals surface area (Å²) in [5.41, 5.74) is 3.35. The molecule has 5 heteroatoms. The van der Waals surface area contributed by atoms with Gasteiger partial charge in [0.25, 0.3) is 5.91 Å². The Morgan fingerprint density at radius 1 is 1.67 bits per heavy atom. The van der Waals surface area contributed by atoms with Gasteiger partial charge in [-0.1, -0.05) is 0 Å². The molecular weight excluding hydrogens is 158 g/mol. The molecule has 64 valence electrons. The highest BCUT2D eigenvalue weighted by molar-refractivity contribution is 5.83. The average Bonchev–Trinajstić information content (AvgIpc) is 2.06. The van der Waals surface area contributed by atoms with Gasteiger partial charge in [-0.3, -0.25) is 14.8 Å². The lowest BCUT2D eigenvalue weighted by Crippen LogP contribution is -2.38. The summed E-state index contributed by atoms with van der Waals surface area (Å²) < 4.78 is 0. The Labute approximate surface area is 69.3 Å². The van der Waals surface area contributed by atoms with Crippen LogP contribution in [0.3, 0.4) is 0 Å². The third kappa shape index (κ3) is 1.40. The van der Waals surface area contributed by atoms with Crippen molar-refractivity contribution in [3.63, 3.8) is 0 Å². The van der Waals surface area contributed by atoms with Crippen molar-refractivity contribution in [1.82, 2.24) is 9.97 Å². The lowest BCUT2D eigenvalue weighted by molar-refractivity contribution is -0.135. The Bertz CT molecular complexity index is 284. The molecule has 1 amide bonds. The van der Waals surface area contributed by atoms with Crippen LogP contribution in [0, 0.1) is 0 Å². The first kappa shape index (κ1) is 8.61. The number of nitrogens with zero attached hydrogens (tertiary/aromatic N) is 2. The smallest absolute Gasteiger partial charge is 0.255 e. The molecule has 1 aromatic heterocycles. The highest BCUT2D eigenvalue weighted by atomic mass is 16.3. The van der Waals surface area contributed by atoms with Crippen LogP contribution in [0.15, 0.2) is 18.6 Å². The van der Waals surface area contributed by atoms with Gasteiger partial charge in [-0.25, -0.2) is 0 Å². The molecule has 0 aromatic carbocycles. The SMILES string of the molecule is CC(O)(C(N)=O)c1cnccn1. The second kappa shape index (κ2) is 2.86. The molecule has 0 fully saturated rings. The predicted octanol–water partition coefficient (Wildman–Crippen LogP) is -0.831. The number of hydrogen-bond donors (Lipinski definition) is 2. The maximum absolute atomic E-state index is 10.7. The third-order valence-corrected chi connectivity index (χ3v) is 1.54. The van der Waals surface area contributed by atoms with E-state index in [1.54, 1.807) is 0 Å². The third-order valence-electron chi connectivity index (χ3n) is 1.54. The first-order valence-electron chi connectivity index (χ1n) is 3.34. The molecule has 1 atom stereocenters. The molecule has 0 spiro atoms. The van der Waals surface area contributed by atoms with Gasteiger partial charge < -0.3 is 10.8 Å². The lowest BCUT2D eigenvalue weighted by atomic mass is 10.0. The normalized spacial score (nSPS) is 15.2. The lowest BCUT2D eigenvalue weighted by Gasteiger charge is -2.16. The molecule has 0 aliphatic rings. The van der Waals surface area contributed by atoms with Gasteiger partial charge in [-0.15, -0.1) is 0 Å². The van der Waals surface area contributed by atoms with Crippen molar-refractivity contribution < 1.29 is 9.90 Å². The van der Waals surface area contributed by atoms with E-state index in [9.17, 15) is 9.90 Å². The fourth-order valence-corrected chi connectivity index (χ4v) is 0.677. The number of hydrogen-bond acceptors (Lipinski definition) is 4. The van der Waals surface area contributed by atoms with E-state index in [0.29, 0.717) is 0 Å². The van der Waals surface area contributed by atoms with Crippen LogP contribution in [0.2, 0.25) is 0 Å². The number of carbonyl (C=O) groups excluding carboxylic acids is 1. The van der Waals surface area contributed by atoms with E-state index in [1.165, 1.54) is 25.5 Å². The second-order valence-electron chi connectivity index (χ2n) is 2.53. The molecule has 0 aliphatic heterocycles. The molecule has 0 bridgehead atoms. The van der Waals surface area contributed by atoms with E-state index in [1.807, 2.05) is 0 Å². The van der Waals surface area contributed by atoms with Gasteiger partial charge in [0.1, 0.15) is 0 Å². The van der Waals surface area contributed by atoms with Crippen molar-refractivity contribution in [2.45, 2.75) is 12.5 Å². The maximum Gasteiger partial charge on any atom is 0.255 e. The molecule has 1 unspecified atom stereocenters. The zero-order chi connectivity index (χ0) is 9.19. The monoisotopic (exact) mass is 167 g/mol. The zero-order valence-corrected chi connectivity index (χ0v) is 6.56. The summed E-state index contributed by atoms with van der Waals surface area (Å²) in [4.78, 5) is 18.2. The Balaban J connectivity index is 3.06. The summed E-state index contributed by atoms with van der Waals surface area (Å²) in [5.74, 6) is -0.844. The van der Waals surface area contributed by atoms with Crippen LogP contribution in [0.25, 0.3) is 0 Å². The summed E-state index contributed by atoms with van der Waals surface area (Å²) in [5, 5.41) is 9.49. The van der Waals surface area contributed by atoms with Crippen molar-refractivity contribution in [2.75, 3.05) is 0 Å². The predicted molar refractivity (Wildman–Crippen MR) is 40.8 cm³/mol. The first-order valence-corrected chi connectivity index (χ1v) is 3.34. The highest BCUT2D eigenvalue weighted by Gasteiger charge is 2.31. The van der Waals surface area contributed by atoms with Gasteiger partial charge >= 0.3 is 0 Å². The number of amides is 1. The van der Waals surface area contributed by atoms with Crippen molar-refractivity contribution in [3.8, 4) is 0 Å². The van der Waals surface area contributed by atoms with Crippen molar-refractivity contribution >= 4 is 5.91 Å². The minimum absolute atomic E-state index is 0.150. The molecule has 3 N–H and O–H groups in total. The molecule has 0 saturated heterocycles. The van der Waals surface area contributed by atoms with Gasteiger partial charge in [0.15, 0.2) is 5.60 Å². The standard InChI is InChI=1S/C7H9N3O2/c1-7(12,6(8)11)5-4-9-2-3-10-5/h2-4,12H,1H3,(H2,8,11). The Hall–Kier alpha value is -1.49. The number of carbonyl (C=O) groups is 1. The Morgan fingerprint density at radius 2 is 2.33 bits per heavy atom. The van der Waals surface area contributed by atoms with E-state index in [0.717, 1.165) is 0 Å². The average molecular weight is 167 g/mol. The van der Waals surface area contributed by atoms with Crippen LogP contribution in [0.1, 0.15) is 12.6 Å². The number of rotatable bonds is 2. The van der Waals surface area contributed by atoms with Gasteiger partial charge in [0.05, 0.1) is 11.9 Å². The number of nitrogens with two attached hydrogens (primary N) is 1. The second-order valence-corrected chi connectivity index (χ2v) is 2.53. The van der Waals surface area contributed by atoms with Crippen LogP contribution < -0.4 is 5.73 Å². The Kier molecular flexibility index (Phi) is 2.05. The summed E-state index contributed by atoms with van der Waals surface area (Å²) in [6, 6.07) is 0. The zero-order valence-electron chi connectivity index (χ0n) is 6.56. The van der Waals surface area contributed by atoms with Crippen LogP contribution in [0.4, 0.5) is 0 Å². The topological polar surface area (TPSA) is 89.1 Å². The van der Waals surface area contributed by atoms with E-state index < -0.39 is 11.5 Å². The molecule has 12 heavy (non-hydrogen) atoms. The number of aromatic nitrogens is 2. The maximum atomic E-state index is 10.7. The summed E-state index contributed by atoms with van der Waals surface area (Å²) in [6.45, 7) is 1.28. The van der Waals surface area contributed by atoms with Crippen molar-refractivity contribution in [1.29, 1.82) is 0 Å². The fourth-order valence-electron chi connectivity index (χ4n) is 0.677. The van der Waals surface area contributed by atoms with Gasteiger partial charge in [-0.05, 0) is 6.92 Å². The molecule has 1 rings (SSSR count). The van der Waals surface area contributed by atoms with Crippen LogP contribution in [-0.4, -0.2) is 21.0 Å². The van der Waals surface area contributed by atoms with Gasteiger partial charge in [0, 0.05) is 12.4 Å².